The van der Waals surface area contributed by atoms with E-state index in [1.54, 1.807) is 0 Å². The number of methoxy groups -OCH3 is 1. The molecule has 0 bridgehead atoms. The zero-order chi connectivity index (χ0) is 12.4. The highest BCUT2D eigenvalue weighted by Crippen LogP contribution is 2.26. The van der Waals surface area contributed by atoms with E-state index >= 15 is 0 Å². The number of aromatic amines is 1. The molecule has 17 heavy (non-hydrogen) atoms. The molecule has 0 aliphatic carbocycles. The molecule has 4 nitrogen and oxygen atoms in total. The molecule has 0 spiro atoms. The highest BCUT2D eigenvalue weighted by Gasteiger charge is 2.08. The van der Waals surface area contributed by atoms with Gasteiger partial charge in [0.15, 0.2) is 0 Å². The number of aromatic nitrogens is 3. The Hall–Kier alpha value is -1.53. The van der Waals surface area contributed by atoms with Gasteiger partial charge in [-0.2, -0.15) is 4.98 Å². The molecular formula is C10H7ClFN3OS. The van der Waals surface area contributed by atoms with Gasteiger partial charge in [-0.15, -0.1) is 0 Å². The van der Waals surface area contributed by atoms with Gasteiger partial charge >= 0.3 is 0 Å². The van der Waals surface area contributed by atoms with E-state index in [2.05, 4.69) is 15.0 Å². The van der Waals surface area contributed by atoms with Crippen molar-refractivity contribution < 1.29 is 9.13 Å². The fraction of sp³-hybridized carbons (Fsp3) is 0.100. The third kappa shape index (κ3) is 2.59. The van der Waals surface area contributed by atoms with Crippen LogP contribution in [0.1, 0.15) is 0 Å². The first-order valence-corrected chi connectivity index (χ1v) is 5.36. The summed E-state index contributed by atoms with van der Waals surface area (Å²) in [5.41, 5.74) is 0.528. The predicted molar refractivity (Wildman–Crippen MR) is 64.2 cm³/mol. The third-order valence-corrected chi connectivity index (χ3v) is 2.50. The summed E-state index contributed by atoms with van der Waals surface area (Å²) in [6, 6.07) is 4.21. The summed E-state index contributed by atoms with van der Waals surface area (Å²) in [5, 5.41) is 0.233. The van der Waals surface area contributed by atoms with E-state index < -0.39 is 5.82 Å². The molecule has 0 aliphatic heterocycles. The summed E-state index contributed by atoms with van der Waals surface area (Å²) in [7, 11) is 1.45. The topological polar surface area (TPSA) is 50.8 Å². The maximum Gasteiger partial charge on any atom is 0.297 e. The van der Waals surface area contributed by atoms with Crippen LogP contribution in [0.4, 0.5) is 4.39 Å². The molecule has 1 aromatic carbocycles. The van der Waals surface area contributed by atoms with Crippen molar-refractivity contribution in [3.05, 3.63) is 33.8 Å². The van der Waals surface area contributed by atoms with Crippen LogP contribution in [0, 0.1) is 10.6 Å². The smallest absolute Gasteiger partial charge is 0.297 e. The molecule has 1 aromatic heterocycles. The standard InChI is InChI=1S/C10H7ClFN3OS/c1-16-9-13-8(14-10(17)15-9)6-3-2-5(12)4-7(6)11/h2-4H,1H3,(H,13,14,15,17). The molecule has 0 atom stereocenters. The van der Waals surface area contributed by atoms with Crippen LogP contribution in [-0.4, -0.2) is 22.1 Å². The van der Waals surface area contributed by atoms with Gasteiger partial charge < -0.3 is 4.74 Å². The molecule has 0 saturated carbocycles. The lowest BCUT2D eigenvalue weighted by Gasteiger charge is -2.05. The van der Waals surface area contributed by atoms with E-state index in [0.717, 1.165) is 0 Å². The van der Waals surface area contributed by atoms with Gasteiger partial charge in [-0.05, 0) is 30.4 Å². The van der Waals surface area contributed by atoms with Gasteiger partial charge in [-0.3, -0.25) is 4.98 Å². The minimum absolute atomic E-state index is 0.121. The second-order valence-electron chi connectivity index (χ2n) is 3.11. The summed E-state index contributed by atoms with van der Waals surface area (Å²) in [6.45, 7) is 0. The molecule has 0 amide bonds. The van der Waals surface area contributed by atoms with Crippen LogP contribution >= 0.6 is 23.8 Å². The van der Waals surface area contributed by atoms with Gasteiger partial charge in [0.25, 0.3) is 6.01 Å². The van der Waals surface area contributed by atoms with E-state index in [1.165, 1.54) is 25.3 Å². The Kier molecular flexibility index (Phi) is 3.35. The quantitative estimate of drug-likeness (QED) is 0.853. The Balaban J connectivity index is 2.60. The first-order chi connectivity index (χ1) is 8.10. The van der Waals surface area contributed by atoms with E-state index in [0.29, 0.717) is 11.4 Å². The van der Waals surface area contributed by atoms with Crippen LogP contribution in [0.15, 0.2) is 18.2 Å². The van der Waals surface area contributed by atoms with Crippen molar-refractivity contribution in [3.63, 3.8) is 0 Å². The average molecular weight is 272 g/mol. The minimum Gasteiger partial charge on any atom is -0.468 e. The number of H-pyrrole nitrogens is 1. The van der Waals surface area contributed by atoms with E-state index in [9.17, 15) is 4.39 Å². The zero-order valence-electron chi connectivity index (χ0n) is 8.70. The lowest BCUT2D eigenvalue weighted by molar-refractivity contribution is 0.378. The molecule has 0 unspecified atom stereocenters. The van der Waals surface area contributed by atoms with Gasteiger partial charge in [0.2, 0.25) is 4.77 Å². The first-order valence-electron chi connectivity index (χ1n) is 4.58. The fourth-order valence-electron chi connectivity index (χ4n) is 1.27. The molecule has 1 N–H and O–H groups in total. The number of nitrogens with zero attached hydrogens (tertiary/aromatic N) is 2. The molecule has 88 valence electrons. The summed E-state index contributed by atoms with van der Waals surface area (Å²) >= 11 is 10.8. The molecule has 0 fully saturated rings. The summed E-state index contributed by atoms with van der Waals surface area (Å²) < 4.78 is 18.0. The average Bonchev–Trinajstić information content (AvgIpc) is 2.28. The summed E-state index contributed by atoms with van der Waals surface area (Å²) in [5.74, 6) is -0.0368. The number of hydrogen-bond donors (Lipinski definition) is 1. The van der Waals surface area contributed by atoms with Crippen molar-refractivity contribution in [1.29, 1.82) is 0 Å². The first kappa shape index (κ1) is 11.9. The SMILES string of the molecule is COc1nc(=S)nc(-c2ccc(F)cc2Cl)[nH]1. The van der Waals surface area contributed by atoms with Crippen LogP contribution in [0.5, 0.6) is 6.01 Å². The number of halogens is 2. The number of ether oxygens (including phenoxy) is 1. The second-order valence-corrected chi connectivity index (χ2v) is 3.89. The Labute approximate surface area is 106 Å². The lowest BCUT2D eigenvalue weighted by Crippen LogP contribution is -1.98. The number of rotatable bonds is 2. The number of nitrogens with one attached hydrogen (secondary N) is 1. The van der Waals surface area contributed by atoms with Crippen LogP contribution < -0.4 is 4.74 Å². The lowest BCUT2D eigenvalue weighted by atomic mass is 10.2. The Morgan fingerprint density at radius 2 is 2.18 bits per heavy atom. The van der Waals surface area contributed by atoms with Crippen molar-refractivity contribution in [3.8, 4) is 17.4 Å². The third-order valence-electron chi connectivity index (χ3n) is 2.01. The Morgan fingerprint density at radius 1 is 1.41 bits per heavy atom. The molecular weight excluding hydrogens is 265 g/mol. The van der Waals surface area contributed by atoms with Crippen molar-refractivity contribution in [1.82, 2.24) is 15.0 Å². The maximum atomic E-state index is 12.9. The van der Waals surface area contributed by atoms with Crippen molar-refractivity contribution in [2.45, 2.75) is 0 Å². The Morgan fingerprint density at radius 3 is 2.82 bits per heavy atom. The van der Waals surface area contributed by atoms with Gasteiger partial charge in [0.05, 0.1) is 12.1 Å². The monoisotopic (exact) mass is 271 g/mol. The van der Waals surface area contributed by atoms with Gasteiger partial charge in [0, 0.05) is 5.56 Å². The molecule has 0 saturated heterocycles. The fourth-order valence-corrected chi connectivity index (χ4v) is 1.70. The maximum absolute atomic E-state index is 12.9. The highest BCUT2D eigenvalue weighted by molar-refractivity contribution is 7.71. The van der Waals surface area contributed by atoms with E-state index in [-0.39, 0.29) is 15.8 Å². The van der Waals surface area contributed by atoms with Crippen molar-refractivity contribution >= 4 is 23.8 Å². The van der Waals surface area contributed by atoms with Gasteiger partial charge in [-0.1, -0.05) is 11.6 Å². The predicted octanol–water partition coefficient (Wildman–Crippen LogP) is 3.00. The molecule has 0 radical (unpaired) electrons. The molecule has 7 heteroatoms. The van der Waals surface area contributed by atoms with Gasteiger partial charge in [0.1, 0.15) is 11.6 Å². The highest BCUT2D eigenvalue weighted by atomic mass is 35.5. The molecule has 2 rings (SSSR count). The van der Waals surface area contributed by atoms with Crippen LogP contribution in [-0.2, 0) is 0 Å². The molecule has 1 heterocycles. The van der Waals surface area contributed by atoms with Crippen LogP contribution in [0.3, 0.4) is 0 Å². The largest absolute Gasteiger partial charge is 0.468 e. The normalized spacial score (nSPS) is 10.3. The Bertz CT molecular complexity index is 617. The summed E-state index contributed by atoms with van der Waals surface area (Å²) in [4.78, 5) is 10.6. The minimum atomic E-state index is -0.418. The second kappa shape index (κ2) is 4.77. The van der Waals surface area contributed by atoms with E-state index in [1.807, 2.05) is 0 Å². The number of hydrogen-bond acceptors (Lipinski definition) is 4. The van der Waals surface area contributed by atoms with Crippen molar-refractivity contribution in [2.75, 3.05) is 7.11 Å². The molecule has 0 aliphatic rings. The van der Waals surface area contributed by atoms with Gasteiger partial charge in [-0.25, -0.2) is 9.37 Å². The van der Waals surface area contributed by atoms with Crippen LogP contribution in [0.2, 0.25) is 5.02 Å². The molecule has 2 aromatic rings. The van der Waals surface area contributed by atoms with E-state index in [4.69, 9.17) is 28.6 Å². The zero-order valence-corrected chi connectivity index (χ0v) is 10.3. The number of benzene rings is 1. The van der Waals surface area contributed by atoms with Crippen LogP contribution in [0.25, 0.3) is 11.4 Å². The summed E-state index contributed by atoms with van der Waals surface area (Å²) in [6.07, 6.45) is 0. The van der Waals surface area contributed by atoms with Crippen molar-refractivity contribution in [2.24, 2.45) is 0 Å².